The summed E-state index contributed by atoms with van der Waals surface area (Å²) >= 11 is 0. The number of fused-ring (bicyclic) bond motifs is 2. The molecule has 0 saturated carbocycles. The topological polar surface area (TPSA) is 81.1 Å². The van der Waals surface area contributed by atoms with Gasteiger partial charge in [-0.25, -0.2) is 9.67 Å². The van der Waals surface area contributed by atoms with E-state index in [2.05, 4.69) is 20.7 Å². The SMILES string of the molecule is Cc1nc2n(n1)C[C@@H](NCCOc1ccc3c(c1)CCC(=O)N3)CC2. The number of amides is 1. The second-order valence-electron chi connectivity index (χ2n) is 6.66. The van der Waals surface area contributed by atoms with Crippen LogP contribution in [0.15, 0.2) is 18.2 Å². The van der Waals surface area contributed by atoms with Crippen molar-refractivity contribution in [2.45, 2.75) is 45.2 Å². The Bertz CT molecular complexity index is 786. The fourth-order valence-corrected chi connectivity index (χ4v) is 3.48. The summed E-state index contributed by atoms with van der Waals surface area (Å²) in [5.74, 6) is 2.88. The molecule has 0 spiro atoms. The van der Waals surface area contributed by atoms with Crippen LogP contribution in [0.25, 0.3) is 0 Å². The van der Waals surface area contributed by atoms with E-state index in [1.54, 1.807) is 0 Å². The van der Waals surface area contributed by atoms with Gasteiger partial charge >= 0.3 is 0 Å². The number of carbonyl (C=O) groups excluding carboxylic acids is 1. The number of hydrogen-bond acceptors (Lipinski definition) is 5. The molecule has 3 heterocycles. The van der Waals surface area contributed by atoms with E-state index in [-0.39, 0.29) is 5.91 Å². The lowest BCUT2D eigenvalue weighted by atomic mass is 10.0. The normalized spacial score (nSPS) is 19.1. The highest BCUT2D eigenvalue weighted by Gasteiger charge is 2.20. The minimum atomic E-state index is 0.0867. The quantitative estimate of drug-likeness (QED) is 0.805. The van der Waals surface area contributed by atoms with Crippen molar-refractivity contribution in [2.75, 3.05) is 18.5 Å². The zero-order valence-electron chi connectivity index (χ0n) is 14.4. The Balaban J connectivity index is 1.24. The molecule has 1 atom stereocenters. The molecule has 0 aliphatic carbocycles. The molecule has 0 saturated heterocycles. The molecular weight excluding hydrogens is 318 g/mol. The lowest BCUT2D eigenvalue weighted by Crippen LogP contribution is -2.39. The van der Waals surface area contributed by atoms with Gasteiger partial charge in [-0.15, -0.1) is 0 Å². The average Bonchev–Trinajstić information content (AvgIpc) is 2.98. The molecule has 1 amide bonds. The number of nitrogens with one attached hydrogen (secondary N) is 2. The maximum absolute atomic E-state index is 11.4. The number of benzene rings is 1. The van der Waals surface area contributed by atoms with E-state index in [4.69, 9.17) is 4.74 Å². The van der Waals surface area contributed by atoms with Gasteiger partial charge in [-0.3, -0.25) is 4.79 Å². The summed E-state index contributed by atoms with van der Waals surface area (Å²) in [5.41, 5.74) is 2.05. The highest BCUT2D eigenvalue weighted by molar-refractivity contribution is 5.93. The second-order valence-corrected chi connectivity index (χ2v) is 6.66. The number of rotatable bonds is 5. The van der Waals surface area contributed by atoms with Crippen molar-refractivity contribution in [3.8, 4) is 5.75 Å². The van der Waals surface area contributed by atoms with Crippen LogP contribution in [-0.2, 0) is 24.2 Å². The molecule has 0 fully saturated rings. The van der Waals surface area contributed by atoms with E-state index in [1.165, 1.54) is 0 Å². The Morgan fingerprint density at radius 2 is 2.28 bits per heavy atom. The first-order chi connectivity index (χ1) is 12.2. The van der Waals surface area contributed by atoms with Crippen molar-refractivity contribution < 1.29 is 9.53 Å². The van der Waals surface area contributed by atoms with Crippen molar-refractivity contribution in [3.63, 3.8) is 0 Å². The lowest BCUT2D eigenvalue weighted by Gasteiger charge is -2.23. The Morgan fingerprint density at radius 3 is 3.20 bits per heavy atom. The van der Waals surface area contributed by atoms with Crippen LogP contribution >= 0.6 is 0 Å². The predicted molar refractivity (Wildman–Crippen MR) is 93.8 cm³/mol. The van der Waals surface area contributed by atoms with Crippen LogP contribution in [0.3, 0.4) is 0 Å². The monoisotopic (exact) mass is 341 g/mol. The van der Waals surface area contributed by atoms with Crippen LogP contribution in [-0.4, -0.2) is 39.9 Å². The summed E-state index contributed by atoms with van der Waals surface area (Å²) in [7, 11) is 0. The fraction of sp³-hybridized carbons (Fsp3) is 0.500. The summed E-state index contributed by atoms with van der Waals surface area (Å²) in [5, 5.41) is 10.9. The smallest absolute Gasteiger partial charge is 0.224 e. The van der Waals surface area contributed by atoms with Gasteiger partial charge in [0.05, 0.1) is 6.54 Å². The van der Waals surface area contributed by atoms with Crippen LogP contribution in [0.5, 0.6) is 5.75 Å². The molecule has 2 aliphatic heterocycles. The number of hydrogen-bond donors (Lipinski definition) is 2. The molecular formula is C18H23N5O2. The van der Waals surface area contributed by atoms with Crippen LogP contribution in [0.4, 0.5) is 5.69 Å². The number of aryl methyl sites for hydroxylation is 3. The van der Waals surface area contributed by atoms with Crippen molar-refractivity contribution in [3.05, 3.63) is 35.4 Å². The van der Waals surface area contributed by atoms with Crippen LogP contribution in [0, 0.1) is 6.92 Å². The Morgan fingerprint density at radius 1 is 1.36 bits per heavy atom. The second kappa shape index (κ2) is 6.84. The van der Waals surface area contributed by atoms with Crippen molar-refractivity contribution in [1.82, 2.24) is 20.1 Å². The number of nitrogens with zero attached hydrogens (tertiary/aromatic N) is 3. The molecule has 132 valence electrons. The molecule has 0 radical (unpaired) electrons. The standard InChI is InChI=1S/C18H23N5O2/c1-12-20-17-6-3-14(11-23(17)22-12)19-8-9-25-15-4-5-16-13(10-15)2-7-18(24)21-16/h4-5,10,14,19H,2-3,6-9,11H2,1H3,(H,21,24)/t14-/m0/s1. The first kappa shape index (κ1) is 16.1. The molecule has 25 heavy (non-hydrogen) atoms. The zero-order valence-corrected chi connectivity index (χ0v) is 14.4. The Labute approximate surface area is 146 Å². The predicted octanol–water partition coefficient (Wildman–Crippen LogP) is 1.45. The van der Waals surface area contributed by atoms with Gasteiger partial charge in [0, 0.05) is 31.1 Å². The van der Waals surface area contributed by atoms with E-state index >= 15 is 0 Å². The third kappa shape index (κ3) is 3.66. The van der Waals surface area contributed by atoms with Gasteiger partial charge in [-0.2, -0.15) is 5.10 Å². The van der Waals surface area contributed by atoms with E-state index in [0.29, 0.717) is 19.1 Å². The van der Waals surface area contributed by atoms with Crippen LogP contribution in [0.2, 0.25) is 0 Å². The van der Waals surface area contributed by atoms with Gasteiger partial charge < -0.3 is 15.4 Å². The zero-order chi connectivity index (χ0) is 17.2. The largest absolute Gasteiger partial charge is 0.492 e. The van der Waals surface area contributed by atoms with E-state index in [9.17, 15) is 4.79 Å². The number of anilines is 1. The van der Waals surface area contributed by atoms with Gasteiger partial charge in [0.25, 0.3) is 0 Å². The maximum Gasteiger partial charge on any atom is 0.224 e. The van der Waals surface area contributed by atoms with Gasteiger partial charge in [0.1, 0.15) is 24.0 Å². The maximum atomic E-state index is 11.4. The summed E-state index contributed by atoms with van der Waals surface area (Å²) < 4.78 is 7.86. The van der Waals surface area contributed by atoms with E-state index in [1.807, 2.05) is 29.8 Å². The van der Waals surface area contributed by atoms with Crippen molar-refractivity contribution in [2.24, 2.45) is 0 Å². The fourth-order valence-electron chi connectivity index (χ4n) is 3.48. The van der Waals surface area contributed by atoms with E-state index in [0.717, 1.165) is 61.0 Å². The molecule has 7 nitrogen and oxygen atoms in total. The molecule has 2 aliphatic rings. The molecule has 2 aromatic rings. The summed E-state index contributed by atoms with van der Waals surface area (Å²) in [6.07, 6.45) is 3.37. The van der Waals surface area contributed by atoms with Crippen molar-refractivity contribution in [1.29, 1.82) is 0 Å². The van der Waals surface area contributed by atoms with Crippen LogP contribution in [0.1, 0.15) is 30.1 Å². The minimum absolute atomic E-state index is 0.0867. The summed E-state index contributed by atoms with van der Waals surface area (Å²) in [6.45, 7) is 4.21. The van der Waals surface area contributed by atoms with Gasteiger partial charge in [-0.1, -0.05) is 0 Å². The van der Waals surface area contributed by atoms with Crippen LogP contribution < -0.4 is 15.4 Å². The summed E-state index contributed by atoms with van der Waals surface area (Å²) in [6, 6.07) is 6.27. The molecule has 4 rings (SSSR count). The van der Waals surface area contributed by atoms with Gasteiger partial charge in [0.15, 0.2) is 0 Å². The molecule has 1 aromatic carbocycles. The third-order valence-electron chi connectivity index (χ3n) is 4.74. The highest BCUT2D eigenvalue weighted by Crippen LogP contribution is 2.26. The number of carbonyl (C=O) groups is 1. The molecule has 2 N–H and O–H groups in total. The summed E-state index contributed by atoms with van der Waals surface area (Å²) in [4.78, 5) is 15.8. The third-order valence-corrected chi connectivity index (χ3v) is 4.74. The number of aromatic nitrogens is 3. The van der Waals surface area contributed by atoms with E-state index < -0.39 is 0 Å². The Kier molecular flexibility index (Phi) is 4.40. The first-order valence-corrected chi connectivity index (χ1v) is 8.86. The van der Waals surface area contributed by atoms with Gasteiger partial charge in [-0.05, 0) is 43.5 Å². The molecule has 1 aromatic heterocycles. The average molecular weight is 341 g/mol. The Hall–Kier alpha value is -2.41. The molecule has 0 unspecified atom stereocenters. The minimum Gasteiger partial charge on any atom is -0.492 e. The lowest BCUT2D eigenvalue weighted by molar-refractivity contribution is -0.116. The first-order valence-electron chi connectivity index (χ1n) is 8.86. The molecule has 7 heteroatoms. The van der Waals surface area contributed by atoms with Crippen molar-refractivity contribution >= 4 is 11.6 Å². The highest BCUT2D eigenvalue weighted by atomic mass is 16.5. The molecule has 0 bridgehead atoms. The van der Waals surface area contributed by atoms with Gasteiger partial charge in [0.2, 0.25) is 5.91 Å². The number of ether oxygens (including phenoxy) is 1.